The number of phenolic OH excluding ortho intramolecular Hbond substituents is 1. The maximum Gasteiger partial charge on any atom is 0.248 e. The minimum atomic E-state index is -0.193. The van der Waals surface area contributed by atoms with Gasteiger partial charge in [-0.15, -0.1) is 0 Å². The molecule has 3 nitrogen and oxygen atoms in total. The highest BCUT2D eigenvalue weighted by molar-refractivity contribution is 5.87. The topological polar surface area (TPSA) is 53.1 Å². The SMILES string of the molecule is CCc1ccc(O)c2[nH]c(=O)ccc12. The summed E-state index contributed by atoms with van der Waals surface area (Å²) in [6.07, 6.45) is 0.878. The summed E-state index contributed by atoms with van der Waals surface area (Å²) < 4.78 is 0. The molecule has 0 bridgehead atoms. The number of aromatic amines is 1. The highest BCUT2D eigenvalue weighted by Crippen LogP contribution is 2.24. The zero-order valence-electron chi connectivity index (χ0n) is 7.87. The molecule has 3 heteroatoms. The van der Waals surface area contributed by atoms with Crippen molar-refractivity contribution in [3.63, 3.8) is 0 Å². The lowest BCUT2D eigenvalue weighted by Crippen LogP contribution is -2.03. The summed E-state index contributed by atoms with van der Waals surface area (Å²) in [7, 11) is 0. The number of fused-ring (bicyclic) bond motifs is 1. The highest BCUT2D eigenvalue weighted by Gasteiger charge is 2.03. The van der Waals surface area contributed by atoms with Crippen molar-refractivity contribution in [2.45, 2.75) is 13.3 Å². The predicted molar refractivity (Wildman–Crippen MR) is 55.6 cm³/mol. The van der Waals surface area contributed by atoms with E-state index in [1.807, 2.05) is 13.0 Å². The van der Waals surface area contributed by atoms with E-state index < -0.39 is 0 Å². The van der Waals surface area contributed by atoms with E-state index in [1.165, 1.54) is 6.07 Å². The smallest absolute Gasteiger partial charge is 0.248 e. The summed E-state index contributed by atoms with van der Waals surface area (Å²) in [5.74, 6) is 0.120. The van der Waals surface area contributed by atoms with Gasteiger partial charge in [-0.2, -0.15) is 0 Å². The van der Waals surface area contributed by atoms with Gasteiger partial charge in [-0.3, -0.25) is 4.79 Å². The highest BCUT2D eigenvalue weighted by atomic mass is 16.3. The van der Waals surface area contributed by atoms with Gasteiger partial charge in [-0.05, 0) is 24.1 Å². The summed E-state index contributed by atoms with van der Waals surface area (Å²) >= 11 is 0. The second-order valence-electron chi connectivity index (χ2n) is 3.21. The molecular weight excluding hydrogens is 178 g/mol. The first-order valence-corrected chi connectivity index (χ1v) is 4.56. The zero-order chi connectivity index (χ0) is 10.1. The van der Waals surface area contributed by atoms with Crippen molar-refractivity contribution in [1.82, 2.24) is 4.98 Å². The first kappa shape index (κ1) is 8.81. The largest absolute Gasteiger partial charge is 0.506 e. The monoisotopic (exact) mass is 189 g/mol. The Labute approximate surface area is 81.0 Å². The van der Waals surface area contributed by atoms with E-state index in [2.05, 4.69) is 4.98 Å². The molecule has 14 heavy (non-hydrogen) atoms. The van der Waals surface area contributed by atoms with Crippen molar-refractivity contribution < 1.29 is 5.11 Å². The van der Waals surface area contributed by atoms with Crippen LogP contribution >= 0.6 is 0 Å². The van der Waals surface area contributed by atoms with Gasteiger partial charge in [0.1, 0.15) is 5.75 Å². The Hall–Kier alpha value is -1.77. The van der Waals surface area contributed by atoms with Crippen LogP contribution in [0.1, 0.15) is 12.5 Å². The number of hydrogen-bond acceptors (Lipinski definition) is 2. The number of hydrogen-bond donors (Lipinski definition) is 2. The van der Waals surface area contributed by atoms with E-state index in [0.717, 1.165) is 17.4 Å². The van der Waals surface area contributed by atoms with Crippen molar-refractivity contribution in [3.05, 3.63) is 40.2 Å². The lowest BCUT2D eigenvalue weighted by Gasteiger charge is -2.04. The van der Waals surface area contributed by atoms with Gasteiger partial charge in [-0.1, -0.05) is 13.0 Å². The molecule has 1 aromatic carbocycles. The first-order valence-electron chi connectivity index (χ1n) is 4.56. The molecule has 2 N–H and O–H groups in total. The van der Waals surface area contributed by atoms with E-state index in [9.17, 15) is 9.90 Å². The molecule has 0 fully saturated rings. The van der Waals surface area contributed by atoms with Crippen LogP contribution in [0.4, 0.5) is 0 Å². The number of benzene rings is 1. The van der Waals surface area contributed by atoms with Crippen LogP contribution in [-0.4, -0.2) is 10.1 Å². The van der Waals surface area contributed by atoms with Gasteiger partial charge in [0.2, 0.25) is 5.56 Å². The fraction of sp³-hybridized carbons (Fsp3) is 0.182. The lowest BCUT2D eigenvalue weighted by atomic mass is 10.1. The third-order valence-electron chi connectivity index (χ3n) is 2.34. The Kier molecular flexibility index (Phi) is 2.00. The Morgan fingerprint density at radius 2 is 2.07 bits per heavy atom. The van der Waals surface area contributed by atoms with Crippen LogP contribution in [0.15, 0.2) is 29.1 Å². The molecule has 0 radical (unpaired) electrons. The Balaban J connectivity index is 2.91. The summed E-state index contributed by atoms with van der Waals surface area (Å²) in [5.41, 5.74) is 1.45. The molecule has 2 aromatic rings. The van der Waals surface area contributed by atoms with E-state index in [-0.39, 0.29) is 11.3 Å². The molecular formula is C11H11NO2. The molecule has 1 heterocycles. The van der Waals surface area contributed by atoms with Gasteiger partial charge in [0, 0.05) is 11.5 Å². The summed E-state index contributed by atoms with van der Waals surface area (Å²) in [4.78, 5) is 13.7. The van der Waals surface area contributed by atoms with Crippen molar-refractivity contribution in [1.29, 1.82) is 0 Å². The van der Waals surface area contributed by atoms with E-state index in [0.29, 0.717) is 5.52 Å². The number of aryl methyl sites for hydroxylation is 1. The van der Waals surface area contributed by atoms with Gasteiger partial charge in [0.25, 0.3) is 0 Å². The molecule has 0 atom stereocenters. The molecule has 2 rings (SSSR count). The summed E-state index contributed by atoms with van der Waals surface area (Å²) in [6, 6.07) is 6.70. The van der Waals surface area contributed by atoms with Crippen LogP contribution in [0.5, 0.6) is 5.75 Å². The van der Waals surface area contributed by atoms with Crippen LogP contribution in [0.25, 0.3) is 10.9 Å². The summed E-state index contributed by atoms with van der Waals surface area (Å²) in [6.45, 7) is 2.04. The van der Waals surface area contributed by atoms with Crippen molar-refractivity contribution in [2.75, 3.05) is 0 Å². The minimum Gasteiger partial charge on any atom is -0.506 e. The number of nitrogens with one attached hydrogen (secondary N) is 1. The maximum absolute atomic E-state index is 11.1. The van der Waals surface area contributed by atoms with E-state index in [1.54, 1.807) is 12.1 Å². The van der Waals surface area contributed by atoms with Gasteiger partial charge < -0.3 is 10.1 Å². The van der Waals surface area contributed by atoms with Gasteiger partial charge in [0.15, 0.2) is 0 Å². The second-order valence-corrected chi connectivity index (χ2v) is 3.21. The molecule has 0 aliphatic rings. The molecule has 0 aliphatic heterocycles. The molecule has 0 aliphatic carbocycles. The summed E-state index contributed by atoms with van der Waals surface area (Å²) in [5, 5.41) is 10.5. The molecule has 0 unspecified atom stereocenters. The van der Waals surface area contributed by atoms with Crippen LogP contribution in [-0.2, 0) is 6.42 Å². The number of rotatable bonds is 1. The maximum atomic E-state index is 11.1. The fourth-order valence-corrected chi connectivity index (χ4v) is 1.61. The first-order chi connectivity index (χ1) is 6.72. The molecule has 0 saturated heterocycles. The van der Waals surface area contributed by atoms with Crippen LogP contribution in [0.2, 0.25) is 0 Å². The molecule has 0 amide bonds. The second kappa shape index (κ2) is 3.18. The van der Waals surface area contributed by atoms with Crippen LogP contribution in [0.3, 0.4) is 0 Å². The predicted octanol–water partition coefficient (Wildman–Crippen LogP) is 1.80. The van der Waals surface area contributed by atoms with E-state index in [4.69, 9.17) is 0 Å². The lowest BCUT2D eigenvalue weighted by molar-refractivity contribution is 0.480. The van der Waals surface area contributed by atoms with Crippen molar-refractivity contribution >= 4 is 10.9 Å². The third-order valence-corrected chi connectivity index (χ3v) is 2.34. The van der Waals surface area contributed by atoms with E-state index >= 15 is 0 Å². The standard InChI is InChI=1S/C11H11NO2/c1-2-7-3-5-9(13)11-8(7)4-6-10(14)12-11/h3-6,13H,2H2,1H3,(H,12,14). The number of aromatic nitrogens is 1. The molecule has 0 saturated carbocycles. The third kappa shape index (κ3) is 1.27. The Bertz CT molecular complexity index is 528. The molecule has 0 spiro atoms. The Morgan fingerprint density at radius 1 is 1.29 bits per heavy atom. The van der Waals surface area contributed by atoms with Gasteiger partial charge in [-0.25, -0.2) is 0 Å². The molecule has 72 valence electrons. The number of pyridine rings is 1. The fourth-order valence-electron chi connectivity index (χ4n) is 1.61. The van der Waals surface area contributed by atoms with Crippen molar-refractivity contribution in [3.8, 4) is 5.75 Å². The Morgan fingerprint density at radius 3 is 2.79 bits per heavy atom. The average molecular weight is 189 g/mol. The number of aromatic hydroxyl groups is 1. The van der Waals surface area contributed by atoms with Crippen molar-refractivity contribution in [2.24, 2.45) is 0 Å². The minimum absolute atomic E-state index is 0.120. The molecule has 1 aromatic heterocycles. The average Bonchev–Trinajstić information content (AvgIpc) is 2.19. The quantitative estimate of drug-likeness (QED) is 0.718. The number of H-pyrrole nitrogens is 1. The number of phenols is 1. The van der Waals surface area contributed by atoms with Crippen LogP contribution in [0, 0.1) is 0 Å². The van der Waals surface area contributed by atoms with Crippen LogP contribution < -0.4 is 5.56 Å². The van der Waals surface area contributed by atoms with Gasteiger partial charge >= 0.3 is 0 Å². The normalized spacial score (nSPS) is 10.6. The van der Waals surface area contributed by atoms with Gasteiger partial charge in [0.05, 0.1) is 5.52 Å². The zero-order valence-corrected chi connectivity index (χ0v) is 7.87.